The highest BCUT2D eigenvalue weighted by Crippen LogP contribution is 2.16. The zero-order valence-corrected chi connectivity index (χ0v) is 16.1. The summed E-state index contributed by atoms with van der Waals surface area (Å²) in [6.45, 7) is 4.34. The molecule has 0 radical (unpaired) electrons. The van der Waals surface area contributed by atoms with Crippen LogP contribution in [0, 0.1) is 11.3 Å². The normalized spacial score (nSPS) is 14.1. The lowest BCUT2D eigenvalue weighted by molar-refractivity contribution is -0.114. The van der Waals surface area contributed by atoms with E-state index in [9.17, 15) is 14.9 Å². The highest BCUT2D eigenvalue weighted by molar-refractivity contribution is 6.06. The number of nitriles is 1. The van der Waals surface area contributed by atoms with E-state index in [0.29, 0.717) is 24.5 Å². The summed E-state index contributed by atoms with van der Waals surface area (Å²) in [7, 11) is 0. The molecule has 8 heteroatoms. The van der Waals surface area contributed by atoms with Crippen LogP contribution in [-0.4, -0.2) is 47.9 Å². The van der Waals surface area contributed by atoms with Gasteiger partial charge in [0.15, 0.2) is 0 Å². The Bertz CT molecular complexity index is 926. The Morgan fingerprint density at radius 3 is 2.24 bits per heavy atom. The number of benzene rings is 1. The minimum absolute atomic E-state index is 0.0437. The molecule has 1 aromatic carbocycles. The molecule has 2 heterocycles. The molecule has 2 amide bonds. The molecule has 2 N–H and O–H groups in total. The van der Waals surface area contributed by atoms with Crippen molar-refractivity contribution in [3.63, 3.8) is 0 Å². The molecule has 2 aromatic rings. The van der Waals surface area contributed by atoms with Gasteiger partial charge in [-0.25, -0.2) is 4.98 Å². The van der Waals surface area contributed by atoms with Crippen molar-refractivity contribution >= 4 is 29.0 Å². The molecule has 0 atom stereocenters. The van der Waals surface area contributed by atoms with Crippen molar-refractivity contribution < 1.29 is 9.59 Å². The van der Waals surface area contributed by atoms with E-state index in [-0.39, 0.29) is 11.5 Å². The summed E-state index contributed by atoms with van der Waals surface area (Å²) >= 11 is 0. The lowest BCUT2D eigenvalue weighted by Gasteiger charge is -2.34. The van der Waals surface area contributed by atoms with E-state index in [4.69, 9.17) is 0 Å². The van der Waals surface area contributed by atoms with Crippen LogP contribution in [-0.2, 0) is 9.59 Å². The van der Waals surface area contributed by atoms with Gasteiger partial charge in [-0.3, -0.25) is 9.59 Å². The van der Waals surface area contributed by atoms with Crippen LogP contribution in [0.5, 0.6) is 0 Å². The number of amides is 2. The number of hydrogen-bond acceptors (Lipinski definition) is 6. The maximum Gasteiger partial charge on any atom is 0.267 e. The SMILES string of the molecule is CC(=O)Nc1ccc(NC(=O)/C(C#N)=C\N2CCN(c3ccccn3)CC2)cc1. The Balaban J connectivity index is 1.57. The Labute approximate surface area is 169 Å². The largest absolute Gasteiger partial charge is 0.373 e. The smallest absolute Gasteiger partial charge is 0.267 e. The van der Waals surface area contributed by atoms with Gasteiger partial charge in [0, 0.05) is 56.9 Å². The summed E-state index contributed by atoms with van der Waals surface area (Å²) in [5.41, 5.74) is 1.23. The number of nitrogens with one attached hydrogen (secondary N) is 2. The van der Waals surface area contributed by atoms with Gasteiger partial charge in [-0.2, -0.15) is 5.26 Å². The minimum Gasteiger partial charge on any atom is -0.373 e. The van der Waals surface area contributed by atoms with E-state index in [1.165, 1.54) is 6.92 Å². The molecule has 1 fully saturated rings. The molecule has 1 aromatic heterocycles. The number of pyridine rings is 1. The monoisotopic (exact) mass is 390 g/mol. The number of anilines is 3. The molecule has 3 rings (SSSR count). The third-order valence-corrected chi connectivity index (χ3v) is 4.43. The minimum atomic E-state index is -0.466. The average molecular weight is 390 g/mol. The molecule has 0 spiro atoms. The van der Waals surface area contributed by atoms with Crippen LogP contribution in [0.15, 0.2) is 60.4 Å². The second-order valence-electron chi connectivity index (χ2n) is 6.58. The second-order valence-corrected chi connectivity index (χ2v) is 6.58. The predicted octanol–water partition coefficient (Wildman–Crippen LogP) is 2.21. The van der Waals surface area contributed by atoms with Gasteiger partial charge in [-0.15, -0.1) is 0 Å². The van der Waals surface area contributed by atoms with Crippen molar-refractivity contribution in [1.29, 1.82) is 5.26 Å². The topological polar surface area (TPSA) is 101 Å². The van der Waals surface area contributed by atoms with Crippen LogP contribution in [0.2, 0.25) is 0 Å². The Hall–Kier alpha value is -3.86. The van der Waals surface area contributed by atoms with Crippen LogP contribution >= 0.6 is 0 Å². The maximum atomic E-state index is 12.4. The zero-order valence-electron chi connectivity index (χ0n) is 16.1. The van der Waals surface area contributed by atoms with Crippen molar-refractivity contribution in [3.05, 3.63) is 60.4 Å². The van der Waals surface area contributed by atoms with Crippen molar-refractivity contribution in [2.75, 3.05) is 41.7 Å². The van der Waals surface area contributed by atoms with E-state index in [0.717, 1.165) is 18.9 Å². The first kappa shape index (κ1) is 19.9. The maximum absolute atomic E-state index is 12.4. The summed E-state index contributed by atoms with van der Waals surface area (Å²) < 4.78 is 0. The summed E-state index contributed by atoms with van der Waals surface area (Å²) in [5.74, 6) is 0.295. The van der Waals surface area contributed by atoms with Gasteiger partial charge in [-0.05, 0) is 36.4 Å². The average Bonchev–Trinajstić information content (AvgIpc) is 2.74. The fourth-order valence-corrected chi connectivity index (χ4v) is 2.98. The van der Waals surface area contributed by atoms with Gasteiger partial charge in [-0.1, -0.05) is 6.07 Å². The highest BCUT2D eigenvalue weighted by Gasteiger charge is 2.18. The van der Waals surface area contributed by atoms with Gasteiger partial charge in [0.2, 0.25) is 5.91 Å². The lowest BCUT2D eigenvalue weighted by atomic mass is 10.2. The first-order valence-electron chi connectivity index (χ1n) is 9.26. The van der Waals surface area contributed by atoms with Crippen molar-refractivity contribution in [3.8, 4) is 6.07 Å². The molecular weight excluding hydrogens is 368 g/mol. The first-order chi connectivity index (χ1) is 14.0. The van der Waals surface area contributed by atoms with Crippen LogP contribution < -0.4 is 15.5 Å². The molecule has 1 saturated heterocycles. The summed E-state index contributed by atoms with van der Waals surface area (Å²) in [6.07, 6.45) is 3.37. The van der Waals surface area contributed by atoms with E-state index in [2.05, 4.69) is 20.5 Å². The zero-order chi connectivity index (χ0) is 20.6. The van der Waals surface area contributed by atoms with Gasteiger partial charge in [0.05, 0.1) is 0 Å². The number of carbonyl (C=O) groups excluding carboxylic acids is 2. The Kier molecular flexibility index (Phi) is 6.43. The molecule has 0 saturated carbocycles. The fraction of sp³-hybridized carbons (Fsp3) is 0.238. The van der Waals surface area contributed by atoms with Gasteiger partial charge < -0.3 is 20.4 Å². The van der Waals surface area contributed by atoms with Crippen molar-refractivity contribution in [1.82, 2.24) is 9.88 Å². The quantitative estimate of drug-likeness (QED) is 0.600. The van der Waals surface area contributed by atoms with E-state index in [1.807, 2.05) is 29.2 Å². The van der Waals surface area contributed by atoms with Crippen molar-refractivity contribution in [2.45, 2.75) is 6.92 Å². The number of nitrogens with zero attached hydrogens (tertiary/aromatic N) is 4. The van der Waals surface area contributed by atoms with Gasteiger partial charge >= 0.3 is 0 Å². The number of hydrogen-bond donors (Lipinski definition) is 2. The molecule has 1 aliphatic heterocycles. The van der Waals surface area contributed by atoms with Crippen LogP contribution in [0.1, 0.15) is 6.92 Å². The first-order valence-corrected chi connectivity index (χ1v) is 9.26. The van der Waals surface area contributed by atoms with E-state index < -0.39 is 5.91 Å². The second kappa shape index (κ2) is 9.37. The van der Waals surface area contributed by atoms with Crippen molar-refractivity contribution in [2.24, 2.45) is 0 Å². The molecule has 148 valence electrons. The van der Waals surface area contributed by atoms with Crippen LogP contribution in [0.4, 0.5) is 17.2 Å². The summed E-state index contributed by atoms with van der Waals surface area (Å²) in [4.78, 5) is 32.0. The lowest BCUT2D eigenvalue weighted by Crippen LogP contribution is -2.44. The third-order valence-electron chi connectivity index (χ3n) is 4.43. The highest BCUT2D eigenvalue weighted by atomic mass is 16.2. The molecule has 29 heavy (non-hydrogen) atoms. The van der Waals surface area contributed by atoms with E-state index in [1.54, 1.807) is 36.7 Å². The van der Waals surface area contributed by atoms with E-state index >= 15 is 0 Å². The molecule has 0 bridgehead atoms. The Morgan fingerprint density at radius 2 is 1.69 bits per heavy atom. The third kappa shape index (κ3) is 5.56. The molecule has 0 aliphatic carbocycles. The summed E-state index contributed by atoms with van der Waals surface area (Å²) in [6, 6.07) is 14.5. The summed E-state index contributed by atoms with van der Waals surface area (Å²) in [5, 5.41) is 14.8. The molecule has 1 aliphatic rings. The number of carbonyl (C=O) groups is 2. The molecular formula is C21H22N6O2. The molecule has 0 unspecified atom stereocenters. The van der Waals surface area contributed by atoms with Crippen LogP contribution in [0.25, 0.3) is 0 Å². The number of piperazine rings is 1. The van der Waals surface area contributed by atoms with Gasteiger partial charge in [0.25, 0.3) is 5.91 Å². The number of aromatic nitrogens is 1. The van der Waals surface area contributed by atoms with Crippen LogP contribution in [0.3, 0.4) is 0 Å². The standard InChI is InChI=1S/C21H22N6O2/c1-16(28)24-18-5-7-19(8-6-18)25-21(29)17(14-22)15-26-10-12-27(13-11-26)20-4-2-3-9-23-20/h2-9,15H,10-13H2,1H3,(H,24,28)(H,25,29)/b17-15-. The predicted molar refractivity (Wildman–Crippen MR) is 111 cm³/mol. The number of rotatable bonds is 5. The van der Waals surface area contributed by atoms with Gasteiger partial charge in [0.1, 0.15) is 17.5 Å². The molecule has 8 nitrogen and oxygen atoms in total. The Morgan fingerprint density at radius 1 is 1.03 bits per heavy atom. The fourth-order valence-electron chi connectivity index (χ4n) is 2.98.